The zero-order chi connectivity index (χ0) is 104. The maximum atomic E-state index is 13.9. The third-order valence-electron chi connectivity index (χ3n) is 30.3. The van der Waals surface area contributed by atoms with E-state index in [0.29, 0.717) is 65.4 Å². The Morgan fingerprint density at radius 1 is 0.357 bits per heavy atom. The van der Waals surface area contributed by atoms with Crippen molar-refractivity contribution in [1.29, 1.82) is 0 Å². The predicted molar refractivity (Wildman–Crippen MR) is 554 cm³/mol. The lowest BCUT2D eigenvalue weighted by atomic mass is 9.72. The molecule has 0 saturated carbocycles. The first-order chi connectivity index (χ1) is 63.7. The molecule has 0 aromatic heterocycles. The number of hydrogen-bond acceptors (Lipinski definition) is 14. The van der Waals surface area contributed by atoms with Crippen LogP contribution in [0.1, 0.15) is 366 Å². The first-order valence-electron chi connectivity index (χ1n) is 49.8. The average molecular weight is 2030 g/mol. The van der Waals surface area contributed by atoms with Gasteiger partial charge in [-0.3, -0.25) is 28.9 Å². The molecule has 4 aliphatic carbocycles. The second kappa shape index (κ2) is 43.0. The van der Waals surface area contributed by atoms with E-state index in [-0.39, 0.29) is 139 Å². The lowest BCUT2D eigenvalue weighted by Gasteiger charge is -2.41. The van der Waals surface area contributed by atoms with Crippen molar-refractivity contribution in [3.8, 4) is 0 Å². The van der Waals surface area contributed by atoms with Gasteiger partial charge in [0.25, 0.3) is 0 Å². The molecule has 140 heavy (non-hydrogen) atoms. The van der Waals surface area contributed by atoms with E-state index in [2.05, 4.69) is 138 Å². The highest BCUT2D eigenvalue weighted by atomic mass is 35.5. The van der Waals surface area contributed by atoms with E-state index in [1.54, 1.807) is 27.7 Å². The number of piperidine rings is 4. The van der Waals surface area contributed by atoms with E-state index in [4.69, 9.17) is 53.8 Å². The van der Waals surface area contributed by atoms with Crippen molar-refractivity contribution in [2.45, 2.75) is 393 Å². The Kier molecular flexibility index (Phi) is 35.4. The number of nitrogens with zero attached hydrogens (tertiary/aromatic N) is 5. The van der Waals surface area contributed by atoms with Crippen molar-refractivity contribution in [1.82, 2.24) is 45.8 Å². The number of aliphatic carboxylic acids is 1. The Morgan fingerprint density at radius 2 is 0.614 bits per heavy atom. The molecule has 5 fully saturated rings. The van der Waals surface area contributed by atoms with Gasteiger partial charge >= 0.3 is 30.3 Å². The molecule has 6 atom stereocenters. The van der Waals surface area contributed by atoms with E-state index in [0.717, 1.165) is 115 Å². The molecule has 9 aliphatic rings. The standard InChI is InChI=1S/3C24H35ClN2O3.C24H36N2O3.C15H19F2NO2.ClH/c3*1-15-12-17-18(13-20(15)25)24(14-19(17)23(6,7)26-16(2)28)8-10-27(11-9-24)21(29)30-22(3,4)5;1-16-8-9-19-18(14-16)20(23(6,7)25-17(2)27)15-24(19)10-12-26(13-11-24)21(28)29-22(3,4)5;1-15(2,3)18-7-11(12(8-18)14(19)20)10-5-4-9(16)6-13(10)17;/h3*12-13,19H,8-11,14H2,1-7H3,(H,26,28);8-9,14,20H,10-13,15H2,1-7H3,(H,25,27);4-6,11-12H,7-8H2,1-3H3,(H,19,20);1H/t3*19-;;11-,12?;/m100.0./s1. The zero-order valence-electron chi connectivity index (χ0n) is 89.2. The molecule has 0 radical (unpaired) electrons. The van der Waals surface area contributed by atoms with Gasteiger partial charge in [0, 0.05) is 172 Å². The van der Waals surface area contributed by atoms with Crippen molar-refractivity contribution in [3.05, 3.63) is 172 Å². The van der Waals surface area contributed by atoms with Crippen LogP contribution in [0.15, 0.2) is 72.8 Å². The Hall–Kier alpha value is -8.49. The molecular formula is C111H161Cl4F2N9O14. The molecule has 5 aromatic rings. The summed E-state index contributed by atoms with van der Waals surface area (Å²) in [6.07, 6.45) is 9.93. The van der Waals surface area contributed by atoms with E-state index >= 15 is 0 Å². The third kappa shape index (κ3) is 27.4. The number of ether oxygens (including phenoxy) is 4. The molecule has 4 spiro atoms. The molecule has 23 nitrogen and oxygen atoms in total. The molecule has 2 unspecified atom stereocenters. The molecule has 14 rings (SSSR count). The number of nitrogens with one attached hydrogen (secondary N) is 4. The number of benzene rings is 5. The van der Waals surface area contributed by atoms with Gasteiger partial charge in [-0.25, -0.2) is 28.0 Å². The van der Waals surface area contributed by atoms with E-state index in [1.807, 2.05) is 149 Å². The highest BCUT2D eigenvalue weighted by molar-refractivity contribution is 6.32. The second-order valence-corrected chi connectivity index (χ2v) is 49.8. The number of carbonyl (C=O) groups is 9. The van der Waals surface area contributed by atoms with Crippen molar-refractivity contribution in [3.63, 3.8) is 0 Å². The Labute approximate surface area is 853 Å². The quantitative estimate of drug-likeness (QED) is 0.0813. The summed E-state index contributed by atoms with van der Waals surface area (Å²) < 4.78 is 49.2. The average Bonchev–Trinajstić information content (AvgIpc) is 1.58. The number of carbonyl (C=O) groups excluding carboxylic acids is 8. The molecule has 5 N–H and O–H groups in total. The Bertz CT molecular complexity index is 5060. The minimum Gasteiger partial charge on any atom is -0.481 e. The minimum absolute atomic E-state index is 0. The van der Waals surface area contributed by atoms with Crippen molar-refractivity contribution >= 4 is 101 Å². The van der Waals surface area contributed by atoms with Crippen LogP contribution in [0, 0.1) is 45.2 Å². The van der Waals surface area contributed by atoms with E-state index in [1.165, 1.54) is 62.2 Å². The first kappa shape index (κ1) is 115. The molecule has 8 amide bonds. The highest BCUT2D eigenvalue weighted by Crippen LogP contribution is 2.61. The molecule has 776 valence electrons. The third-order valence-corrected chi connectivity index (χ3v) is 31.5. The summed E-state index contributed by atoms with van der Waals surface area (Å²) in [7, 11) is 0. The number of likely N-dealkylation sites (tertiary alicyclic amines) is 5. The maximum Gasteiger partial charge on any atom is 0.410 e. The summed E-state index contributed by atoms with van der Waals surface area (Å²) in [5.74, 6) is -2.60. The highest BCUT2D eigenvalue weighted by Gasteiger charge is 2.57. The number of hydrogen-bond donors (Lipinski definition) is 5. The van der Waals surface area contributed by atoms with Gasteiger partial charge in [-0.05, 0) is 377 Å². The first-order valence-corrected chi connectivity index (χ1v) is 50.9. The van der Waals surface area contributed by atoms with Crippen molar-refractivity contribution < 1.29 is 76.0 Å². The molecule has 0 bridgehead atoms. The summed E-state index contributed by atoms with van der Waals surface area (Å²) >= 11 is 19.6. The number of fused-ring (bicyclic) bond motifs is 8. The molecule has 5 aliphatic heterocycles. The molecule has 5 saturated heterocycles. The largest absolute Gasteiger partial charge is 0.481 e. The van der Waals surface area contributed by atoms with Crippen LogP contribution >= 0.6 is 47.2 Å². The van der Waals surface area contributed by atoms with Crippen LogP contribution in [0.2, 0.25) is 15.1 Å². The van der Waals surface area contributed by atoms with Crippen LogP contribution in [-0.2, 0) is 64.6 Å². The van der Waals surface area contributed by atoms with Crippen LogP contribution in [0.3, 0.4) is 0 Å². The van der Waals surface area contributed by atoms with Gasteiger partial charge in [0.2, 0.25) is 23.6 Å². The number of halogens is 6. The number of aryl methyl sites for hydroxylation is 4. The fourth-order valence-corrected chi connectivity index (χ4v) is 23.9. The summed E-state index contributed by atoms with van der Waals surface area (Å²) in [4.78, 5) is 118. The zero-order valence-corrected chi connectivity index (χ0v) is 92.3. The van der Waals surface area contributed by atoms with E-state index < -0.39 is 51.8 Å². The van der Waals surface area contributed by atoms with Crippen LogP contribution in [-0.4, -0.2) is 199 Å². The monoisotopic (exact) mass is 2020 g/mol. The molecule has 29 heteroatoms. The summed E-state index contributed by atoms with van der Waals surface area (Å²) in [5.41, 5.74) is 11.5. The second-order valence-electron chi connectivity index (χ2n) is 48.6. The van der Waals surface area contributed by atoms with Gasteiger partial charge in [-0.2, -0.15) is 0 Å². The van der Waals surface area contributed by atoms with Gasteiger partial charge in [0.1, 0.15) is 34.0 Å². The number of rotatable bonds is 10. The number of carboxylic acids is 1. The van der Waals surface area contributed by atoms with Crippen LogP contribution in [0.5, 0.6) is 0 Å². The number of amides is 8. The lowest BCUT2D eigenvalue weighted by molar-refractivity contribution is -0.142. The summed E-state index contributed by atoms with van der Waals surface area (Å²) in [6, 6.07) is 23.1. The summed E-state index contributed by atoms with van der Waals surface area (Å²) in [5, 5.41) is 24.3. The van der Waals surface area contributed by atoms with Gasteiger partial charge in [-0.1, -0.05) is 82.8 Å². The maximum absolute atomic E-state index is 13.9. The van der Waals surface area contributed by atoms with Gasteiger partial charge < -0.3 is 64.9 Å². The van der Waals surface area contributed by atoms with Crippen LogP contribution in [0.25, 0.3) is 0 Å². The van der Waals surface area contributed by atoms with Crippen molar-refractivity contribution in [2.24, 2.45) is 5.92 Å². The molecule has 5 aromatic carbocycles. The Morgan fingerprint density at radius 3 is 0.850 bits per heavy atom. The fourth-order valence-electron chi connectivity index (χ4n) is 23.4. The van der Waals surface area contributed by atoms with Gasteiger partial charge in [0.05, 0.1) is 5.92 Å². The SMILES string of the molecule is CC(=O)NC(C)(C)C1CC2(CCN(C(=O)OC(C)(C)C)CC2)c2ccc(C)cc21.CC(=O)NC(C)(C)[C@@H]1CC2(CCN(C(=O)OC(C)(C)C)CC2)c2cc(Cl)c(C)cc21.CC(=O)NC(C)(C)[C@H]1CC2(CCN(C(=O)OC(C)(C)C)CC2)c2cc(Cl)c(C)cc21.CC(=O)NC(C)(C)[C@H]1CC2(CCN(C(=O)OC(C)(C)C)CC2)c2cc(Cl)c(C)cc21.CC(C)(C)N1CC(C(=O)O)[C@H](c2ccc(F)cc2F)C1.Cl. The normalized spacial score (nSPS) is 21.2. The predicted octanol–water partition coefficient (Wildman–Crippen LogP) is 23.9. The Balaban J connectivity index is 0.000000196. The fraction of sp³-hybridized carbons (Fsp3) is 0.649. The lowest BCUT2D eigenvalue weighted by Crippen LogP contribution is -2.48. The smallest absolute Gasteiger partial charge is 0.410 e. The summed E-state index contributed by atoms with van der Waals surface area (Å²) in [6.45, 7) is 66.3. The van der Waals surface area contributed by atoms with Gasteiger partial charge in [0.15, 0.2) is 0 Å². The molecular weight excluding hydrogens is 1860 g/mol. The number of carboxylic acid groups (broad SMARTS) is 1. The van der Waals surface area contributed by atoms with Crippen LogP contribution in [0.4, 0.5) is 28.0 Å². The van der Waals surface area contributed by atoms with Gasteiger partial charge in [-0.15, -0.1) is 12.4 Å². The minimum atomic E-state index is -0.939. The van der Waals surface area contributed by atoms with E-state index in [9.17, 15) is 57.0 Å². The van der Waals surface area contributed by atoms with Crippen LogP contribution < -0.4 is 21.3 Å². The topological polar surface area (TPSA) is 275 Å². The van der Waals surface area contributed by atoms with Crippen molar-refractivity contribution in [2.75, 3.05) is 65.4 Å². The molecule has 5 heterocycles.